The fourth-order valence-corrected chi connectivity index (χ4v) is 1.25. The summed E-state index contributed by atoms with van der Waals surface area (Å²) in [5.74, 6) is 0.792. The molecule has 0 aromatic carbocycles. The zero-order chi connectivity index (χ0) is 10.9. The fraction of sp³-hybridized carbons (Fsp3) is 0.364. The van der Waals surface area contributed by atoms with E-state index in [2.05, 4.69) is 35.8 Å². The van der Waals surface area contributed by atoms with Gasteiger partial charge in [-0.3, -0.25) is 0 Å². The zero-order valence-corrected chi connectivity index (χ0v) is 9.18. The molecule has 2 heterocycles. The Kier molecular flexibility index (Phi) is 2.26. The molecule has 0 atom stereocenters. The minimum absolute atomic E-state index is 0.116. The number of nitrogens with zero attached hydrogens (tertiary/aromatic N) is 4. The van der Waals surface area contributed by atoms with Crippen molar-refractivity contribution in [3.63, 3.8) is 0 Å². The number of rotatable bonds is 1. The lowest BCUT2D eigenvalue weighted by molar-refractivity contribution is 0.590. The van der Waals surface area contributed by atoms with Crippen LogP contribution in [-0.2, 0) is 5.41 Å². The van der Waals surface area contributed by atoms with Gasteiger partial charge in [-0.15, -0.1) is 0 Å². The van der Waals surface area contributed by atoms with Crippen molar-refractivity contribution in [1.82, 2.24) is 19.7 Å². The standard InChI is InChI=1S/C11H14N4/c1-11(2,3)9-6-14-15(7-9)10-4-5-12-8-13-10/h4-8H,1-3H3. The third-order valence-electron chi connectivity index (χ3n) is 2.25. The van der Waals surface area contributed by atoms with Crippen LogP contribution in [0.2, 0.25) is 0 Å². The quantitative estimate of drug-likeness (QED) is 0.710. The van der Waals surface area contributed by atoms with Crippen LogP contribution >= 0.6 is 0 Å². The minimum Gasteiger partial charge on any atom is -0.245 e. The van der Waals surface area contributed by atoms with Crippen LogP contribution in [0.5, 0.6) is 0 Å². The van der Waals surface area contributed by atoms with Crippen molar-refractivity contribution in [2.75, 3.05) is 0 Å². The maximum Gasteiger partial charge on any atom is 0.156 e. The van der Waals surface area contributed by atoms with E-state index in [-0.39, 0.29) is 5.41 Å². The second-order valence-corrected chi connectivity index (χ2v) is 4.49. The first-order valence-corrected chi connectivity index (χ1v) is 4.89. The SMILES string of the molecule is CC(C)(C)c1cnn(-c2ccncn2)c1. The molecule has 0 amide bonds. The van der Waals surface area contributed by atoms with Crippen LogP contribution < -0.4 is 0 Å². The molecule has 78 valence electrons. The molecule has 0 saturated carbocycles. The Morgan fingerprint density at radius 1 is 1.27 bits per heavy atom. The Balaban J connectivity index is 2.37. The Bertz CT molecular complexity index is 439. The van der Waals surface area contributed by atoms with Gasteiger partial charge in [0, 0.05) is 18.5 Å². The van der Waals surface area contributed by atoms with Crippen LogP contribution in [0, 0.1) is 0 Å². The van der Waals surface area contributed by atoms with Gasteiger partial charge in [0.05, 0.1) is 6.20 Å². The highest BCUT2D eigenvalue weighted by Gasteiger charge is 2.16. The maximum atomic E-state index is 4.28. The Hall–Kier alpha value is -1.71. The third-order valence-corrected chi connectivity index (χ3v) is 2.25. The van der Waals surface area contributed by atoms with E-state index in [1.807, 2.05) is 18.5 Å². The summed E-state index contributed by atoms with van der Waals surface area (Å²) in [7, 11) is 0. The van der Waals surface area contributed by atoms with Crippen molar-refractivity contribution >= 4 is 0 Å². The first kappa shape index (κ1) is 9.83. The molecule has 0 aliphatic heterocycles. The summed E-state index contributed by atoms with van der Waals surface area (Å²) in [6.45, 7) is 6.48. The minimum atomic E-state index is 0.116. The molecule has 4 nitrogen and oxygen atoms in total. The van der Waals surface area contributed by atoms with Crippen molar-refractivity contribution in [3.05, 3.63) is 36.5 Å². The molecular weight excluding hydrogens is 188 g/mol. The molecule has 0 N–H and O–H groups in total. The van der Waals surface area contributed by atoms with Crippen molar-refractivity contribution < 1.29 is 0 Å². The van der Waals surface area contributed by atoms with Gasteiger partial charge in [-0.1, -0.05) is 20.8 Å². The van der Waals surface area contributed by atoms with Crippen molar-refractivity contribution in [2.24, 2.45) is 0 Å². The monoisotopic (exact) mass is 202 g/mol. The van der Waals surface area contributed by atoms with Crippen molar-refractivity contribution in [2.45, 2.75) is 26.2 Å². The second kappa shape index (κ2) is 3.46. The lowest BCUT2D eigenvalue weighted by Gasteiger charge is -2.14. The predicted octanol–water partition coefficient (Wildman–Crippen LogP) is 1.96. The zero-order valence-electron chi connectivity index (χ0n) is 9.18. The van der Waals surface area contributed by atoms with Crippen molar-refractivity contribution in [1.29, 1.82) is 0 Å². The second-order valence-electron chi connectivity index (χ2n) is 4.49. The first-order valence-electron chi connectivity index (χ1n) is 4.89. The molecule has 0 aliphatic rings. The molecule has 0 bridgehead atoms. The van der Waals surface area contributed by atoms with Gasteiger partial charge in [-0.2, -0.15) is 5.10 Å². The van der Waals surface area contributed by atoms with E-state index in [1.54, 1.807) is 10.9 Å². The lowest BCUT2D eigenvalue weighted by Crippen LogP contribution is -2.09. The number of hydrogen-bond acceptors (Lipinski definition) is 3. The first-order chi connectivity index (χ1) is 7.07. The third kappa shape index (κ3) is 2.03. The van der Waals surface area contributed by atoms with Crippen molar-refractivity contribution in [3.8, 4) is 5.82 Å². The van der Waals surface area contributed by atoms with Gasteiger partial charge in [-0.05, 0) is 11.0 Å². The number of aromatic nitrogens is 4. The van der Waals surface area contributed by atoms with Crippen LogP contribution in [0.3, 0.4) is 0 Å². The van der Waals surface area contributed by atoms with Gasteiger partial charge >= 0.3 is 0 Å². The summed E-state index contributed by atoms with van der Waals surface area (Å²) in [5, 5.41) is 4.28. The average molecular weight is 202 g/mol. The highest BCUT2D eigenvalue weighted by Crippen LogP contribution is 2.21. The normalized spacial score (nSPS) is 11.7. The van der Waals surface area contributed by atoms with Crippen LogP contribution in [0.4, 0.5) is 0 Å². The fourth-order valence-electron chi connectivity index (χ4n) is 1.25. The summed E-state index contributed by atoms with van der Waals surface area (Å²) in [4.78, 5) is 8.01. The molecule has 0 spiro atoms. The molecule has 0 saturated heterocycles. The molecule has 0 fully saturated rings. The topological polar surface area (TPSA) is 43.6 Å². The van der Waals surface area contributed by atoms with Crippen LogP contribution in [0.25, 0.3) is 5.82 Å². The van der Waals surface area contributed by atoms with Gasteiger partial charge in [0.1, 0.15) is 6.33 Å². The van der Waals surface area contributed by atoms with Gasteiger partial charge in [0.2, 0.25) is 0 Å². The van der Waals surface area contributed by atoms with E-state index < -0.39 is 0 Å². The summed E-state index contributed by atoms with van der Waals surface area (Å²) in [5.41, 5.74) is 1.31. The van der Waals surface area contributed by atoms with Gasteiger partial charge < -0.3 is 0 Å². The Morgan fingerprint density at radius 3 is 2.60 bits per heavy atom. The molecule has 0 unspecified atom stereocenters. The molecular formula is C11H14N4. The average Bonchev–Trinajstić information content (AvgIpc) is 2.67. The van der Waals surface area contributed by atoms with E-state index in [1.165, 1.54) is 11.9 Å². The summed E-state index contributed by atoms with van der Waals surface area (Å²) < 4.78 is 1.77. The van der Waals surface area contributed by atoms with E-state index in [9.17, 15) is 0 Å². The lowest BCUT2D eigenvalue weighted by atomic mass is 9.90. The van der Waals surface area contributed by atoms with E-state index in [0.717, 1.165) is 5.82 Å². The van der Waals surface area contributed by atoms with Gasteiger partial charge in [-0.25, -0.2) is 14.6 Å². The van der Waals surface area contributed by atoms with Crippen LogP contribution in [0.1, 0.15) is 26.3 Å². The molecule has 2 aromatic rings. The predicted molar refractivity (Wildman–Crippen MR) is 57.9 cm³/mol. The highest BCUT2D eigenvalue weighted by molar-refractivity contribution is 5.23. The number of hydrogen-bond donors (Lipinski definition) is 0. The largest absolute Gasteiger partial charge is 0.245 e. The van der Waals surface area contributed by atoms with E-state index in [4.69, 9.17) is 0 Å². The molecule has 0 aliphatic carbocycles. The molecule has 2 rings (SSSR count). The Morgan fingerprint density at radius 2 is 2.07 bits per heavy atom. The van der Waals surface area contributed by atoms with E-state index in [0.29, 0.717) is 0 Å². The van der Waals surface area contributed by atoms with E-state index >= 15 is 0 Å². The smallest absolute Gasteiger partial charge is 0.156 e. The van der Waals surface area contributed by atoms with Gasteiger partial charge in [0.15, 0.2) is 5.82 Å². The molecule has 2 aromatic heterocycles. The van der Waals surface area contributed by atoms with Crippen LogP contribution in [0.15, 0.2) is 31.0 Å². The summed E-state index contributed by atoms with van der Waals surface area (Å²) in [6, 6.07) is 1.83. The van der Waals surface area contributed by atoms with Gasteiger partial charge in [0.25, 0.3) is 0 Å². The Labute approximate surface area is 89.0 Å². The maximum absolute atomic E-state index is 4.28. The molecule has 15 heavy (non-hydrogen) atoms. The molecule has 0 radical (unpaired) electrons. The highest BCUT2D eigenvalue weighted by atomic mass is 15.3. The summed E-state index contributed by atoms with van der Waals surface area (Å²) >= 11 is 0. The van der Waals surface area contributed by atoms with Crippen LogP contribution in [-0.4, -0.2) is 19.7 Å². The summed E-state index contributed by atoms with van der Waals surface area (Å²) in [6.07, 6.45) is 7.11. The molecule has 4 heteroatoms.